The normalized spacial score (nSPS) is 10.6. The van der Waals surface area contributed by atoms with Crippen molar-refractivity contribution in [1.82, 2.24) is 0 Å². The first-order valence-electron chi connectivity index (χ1n) is 8.18. The molecule has 0 unspecified atom stereocenters. The lowest BCUT2D eigenvalue weighted by Crippen LogP contribution is -1.85. The van der Waals surface area contributed by atoms with Crippen molar-refractivity contribution in [2.75, 3.05) is 0 Å². The first-order valence-corrected chi connectivity index (χ1v) is 8.18. The van der Waals surface area contributed by atoms with E-state index in [1.54, 1.807) is 12.2 Å². The zero-order valence-corrected chi connectivity index (χ0v) is 13.7. The van der Waals surface area contributed by atoms with E-state index in [0.717, 1.165) is 25.5 Å². The van der Waals surface area contributed by atoms with Gasteiger partial charge in [-0.3, -0.25) is 4.79 Å². The van der Waals surface area contributed by atoms with Crippen molar-refractivity contribution in [3.05, 3.63) is 24.3 Å². The van der Waals surface area contributed by atoms with Gasteiger partial charge in [-0.2, -0.15) is 0 Å². The lowest BCUT2D eigenvalue weighted by atomic mass is 10.1. The molecule has 0 aromatic carbocycles. The predicted molar refractivity (Wildman–Crippen MR) is 89.5 cm³/mol. The summed E-state index contributed by atoms with van der Waals surface area (Å²) < 4.78 is 0. The van der Waals surface area contributed by atoms with Crippen LogP contribution in [0.5, 0.6) is 0 Å². The van der Waals surface area contributed by atoms with Crippen LogP contribution in [0.1, 0.15) is 78.1 Å². The van der Waals surface area contributed by atoms with Crippen LogP contribution in [0.4, 0.5) is 0 Å². The van der Waals surface area contributed by atoms with Crippen LogP contribution in [-0.4, -0.2) is 17.4 Å². The van der Waals surface area contributed by atoms with Crippen molar-refractivity contribution < 1.29 is 14.7 Å². The Balaban J connectivity index is 0. The zero-order chi connectivity index (χ0) is 16.2. The van der Waals surface area contributed by atoms with Crippen LogP contribution in [0.25, 0.3) is 0 Å². The minimum Gasteiger partial charge on any atom is -0.478 e. The standard InChI is InChI=1S/C9H16O2.C9H16O/c1-2-3-4-5-6-7-8-9(10)11;1-2-3-4-5-6-7-8-9-10/h7-8H,2-6H2,1H3,(H,10,11);7-9H,2-6H2,1H3/b2*8-7+. The van der Waals surface area contributed by atoms with Crippen molar-refractivity contribution in [2.24, 2.45) is 0 Å². The zero-order valence-electron chi connectivity index (χ0n) is 13.7. The second-order valence-electron chi connectivity index (χ2n) is 5.00. The number of carboxylic acids is 1. The summed E-state index contributed by atoms with van der Waals surface area (Å²) in [4.78, 5) is 19.8. The number of allylic oxidation sites excluding steroid dienone is 3. The molecule has 122 valence electrons. The number of carbonyl (C=O) groups is 2. The molecule has 0 spiro atoms. The first-order chi connectivity index (χ1) is 10.2. The third-order valence-corrected chi connectivity index (χ3v) is 2.92. The number of carboxylic acid groups (broad SMARTS) is 1. The summed E-state index contributed by atoms with van der Waals surface area (Å²) in [5.41, 5.74) is 0. The summed E-state index contributed by atoms with van der Waals surface area (Å²) in [7, 11) is 0. The highest BCUT2D eigenvalue weighted by Crippen LogP contribution is 2.02. The van der Waals surface area contributed by atoms with E-state index in [4.69, 9.17) is 5.11 Å². The quantitative estimate of drug-likeness (QED) is 0.301. The van der Waals surface area contributed by atoms with Crippen LogP contribution in [0.3, 0.4) is 0 Å². The molecule has 0 aliphatic rings. The van der Waals surface area contributed by atoms with Crippen LogP contribution in [0.2, 0.25) is 0 Å². The van der Waals surface area contributed by atoms with Crippen molar-refractivity contribution in [2.45, 2.75) is 78.1 Å². The molecule has 0 bridgehead atoms. The molecule has 0 heterocycles. The molecule has 0 amide bonds. The molecule has 0 rings (SSSR count). The lowest BCUT2D eigenvalue weighted by Gasteiger charge is -1.92. The summed E-state index contributed by atoms with van der Waals surface area (Å²) >= 11 is 0. The van der Waals surface area contributed by atoms with Gasteiger partial charge in [0.15, 0.2) is 0 Å². The molecule has 0 aliphatic heterocycles. The smallest absolute Gasteiger partial charge is 0.327 e. The largest absolute Gasteiger partial charge is 0.478 e. The fraction of sp³-hybridized carbons (Fsp3) is 0.667. The Bertz CT molecular complexity index is 280. The SMILES string of the molecule is CCCCCC/C=C/C(=O)O.CCCCCC/C=C/C=O. The van der Waals surface area contributed by atoms with Crippen molar-refractivity contribution in [3.8, 4) is 0 Å². The Morgan fingerprint density at radius 2 is 1.38 bits per heavy atom. The molecule has 0 atom stereocenters. The van der Waals surface area contributed by atoms with Crippen LogP contribution < -0.4 is 0 Å². The van der Waals surface area contributed by atoms with Gasteiger partial charge in [-0.15, -0.1) is 0 Å². The molecule has 0 saturated heterocycles. The summed E-state index contributed by atoms with van der Waals surface area (Å²) in [6.07, 6.45) is 19.1. The molecule has 1 N–H and O–H groups in total. The first kappa shape index (κ1) is 21.9. The second-order valence-corrected chi connectivity index (χ2v) is 5.00. The van der Waals surface area contributed by atoms with E-state index in [2.05, 4.69) is 13.8 Å². The molecule has 3 nitrogen and oxygen atoms in total. The average Bonchev–Trinajstić information content (AvgIpc) is 2.47. The topological polar surface area (TPSA) is 54.4 Å². The minimum atomic E-state index is -0.847. The number of carbonyl (C=O) groups excluding carboxylic acids is 1. The maximum atomic E-state index is 10.0. The van der Waals surface area contributed by atoms with Gasteiger partial charge in [-0.05, 0) is 31.8 Å². The fourth-order valence-corrected chi connectivity index (χ4v) is 1.71. The summed E-state index contributed by atoms with van der Waals surface area (Å²) in [6.45, 7) is 4.36. The van der Waals surface area contributed by atoms with Crippen LogP contribution in [0.15, 0.2) is 24.3 Å². The van der Waals surface area contributed by atoms with E-state index in [9.17, 15) is 9.59 Å². The van der Waals surface area contributed by atoms with Gasteiger partial charge in [0.1, 0.15) is 6.29 Å². The monoisotopic (exact) mass is 296 g/mol. The highest BCUT2D eigenvalue weighted by molar-refractivity contribution is 5.79. The highest BCUT2D eigenvalue weighted by atomic mass is 16.4. The van der Waals surface area contributed by atoms with Crippen molar-refractivity contribution in [3.63, 3.8) is 0 Å². The Morgan fingerprint density at radius 3 is 1.81 bits per heavy atom. The molecule has 0 aromatic rings. The molecule has 3 heteroatoms. The summed E-state index contributed by atoms with van der Waals surface area (Å²) in [6, 6.07) is 0. The Morgan fingerprint density at radius 1 is 0.857 bits per heavy atom. The highest BCUT2D eigenvalue weighted by Gasteiger charge is 1.86. The minimum absolute atomic E-state index is 0.833. The van der Waals surface area contributed by atoms with E-state index >= 15 is 0 Å². The second kappa shape index (κ2) is 20.9. The molecule has 0 saturated carbocycles. The number of aldehydes is 1. The van der Waals surface area contributed by atoms with Gasteiger partial charge in [-0.25, -0.2) is 4.79 Å². The van der Waals surface area contributed by atoms with E-state index in [1.807, 2.05) is 6.08 Å². The van der Waals surface area contributed by atoms with Gasteiger partial charge < -0.3 is 5.11 Å². The third kappa shape index (κ3) is 27.7. The van der Waals surface area contributed by atoms with E-state index in [0.29, 0.717) is 0 Å². The van der Waals surface area contributed by atoms with Crippen LogP contribution >= 0.6 is 0 Å². The summed E-state index contributed by atoms with van der Waals surface area (Å²) in [5.74, 6) is -0.847. The number of unbranched alkanes of at least 4 members (excludes halogenated alkanes) is 8. The van der Waals surface area contributed by atoms with Gasteiger partial charge in [-0.1, -0.05) is 64.5 Å². The number of hydrogen-bond acceptors (Lipinski definition) is 2. The lowest BCUT2D eigenvalue weighted by molar-refractivity contribution is -0.131. The summed E-state index contributed by atoms with van der Waals surface area (Å²) in [5, 5.41) is 8.23. The molecule has 0 radical (unpaired) electrons. The third-order valence-electron chi connectivity index (χ3n) is 2.92. The maximum Gasteiger partial charge on any atom is 0.327 e. The molecular formula is C18H32O3. The Hall–Kier alpha value is -1.38. The van der Waals surface area contributed by atoms with Crippen molar-refractivity contribution >= 4 is 12.3 Å². The number of rotatable bonds is 12. The number of hydrogen-bond donors (Lipinski definition) is 1. The van der Waals surface area contributed by atoms with Crippen LogP contribution in [0, 0.1) is 0 Å². The average molecular weight is 296 g/mol. The Labute approximate surface area is 130 Å². The Kier molecular flexibility index (Phi) is 21.8. The fourth-order valence-electron chi connectivity index (χ4n) is 1.71. The van der Waals surface area contributed by atoms with E-state index in [1.165, 1.54) is 51.0 Å². The van der Waals surface area contributed by atoms with Gasteiger partial charge in [0.25, 0.3) is 0 Å². The van der Waals surface area contributed by atoms with Crippen molar-refractivity contribution in [1.29, 1.82) is 0 Å². The molecule has 21 heavy (non-hydrogen) atoms. The molecule has 0 fully saturated rings. The molecule has 0 aromatic heterocycles. The van der Waals surface area contributed by atoms with Gasteiger partial charge >= 0.3 is 5.97 Å². The van der Waals surface area contributed by atoms with Gasteiger partial charge in [0.2, 0.25) is 0 Å². The number of aliphatic carboxylic acids is 1. The maximum absolute atomic E-state index is 10.0. The van der Waals surface area contributed by atoms with Gasteiger partial charge in [0, 0.05) is 6.08 Å². The molecule has 0 aliphatic carbocycles. The van der Waals surface area contributed by atoms with E-state index in [-0.39, 0.29) is 0 Å². The van der Waals surface area contributed by atoms with Crippen LogP contribution in [-0.2, 0) is 9.59 Å². The van der Waals surface area contributed by atoms with E-state index < -0.39 is 5.97 Å². The van der Waals surface area contributed by atoms with Gasteiger partial charge in [0.05, 0.1) is 0 Å². The molecular weight excluding hydrogens is 264 g/mol. The predicted octanol–water partition coefficient (Wildman–Crippen LogP) is 5.31.